The second-order valence-electron chi connectivity index (χ2n) is 5.49. The lowest BCUT2D eigenvalue weighted by Crippen LogP contribution is -2.39. The van der Waals surface area contributed by atoms with Gasteiger partial charge in [-0.3, -0.25) is 0 Å². The maximum Gasteiger partial charge on any atom is 0.104 e. The molecule has 3 nitrogen and oxygen atoms in total. The first-order valence-electron chi connectivity index (χ1n) is 6.45. The molecule has 1 aliphatic rings. The summed E-state index contributed by atoms with van der Waals surface area (Å²) >= 11 is 0. The molecule has 0 spiro atoms. The third kappa shape index (κ3) is 3.72. The van der Waals surface area contributed by atoms with Crippen molar-refractivity contribution in [1.29, 1.82) is 0 Å². The lowest BCUT2D eigenvalue weighted by molar-refractivity contribution is -0.110. The molecule has 1 unspecified atom stereocenters. The third-order valence-electron chi connectivity index (χ3n) is 3.74. The summed E-state index contributed by atoms with van der Waals surface area (Å²) in [6.45, 7) is 6.52. The van der Waals surface area contributed by atoms with Gasteiger partial charge in [-0.25, -0.2) is 0 Å². The molecule has 0 aromatic carbocycles. The van der Waals surface area contributed by atoms with E-state index in [4.69, 9.17) is 14.9 Å². The molecule has 0 aliphatic heterocycles. The average molecular weight is 230 g/mol. The fraction of sp³-hybridized carbons (Fsp3) is 1.00. The molecule has 3 atom stereocenters. The minimum atomic E-state index is -0.406. The molecule has 0 saturated heterocycles. The van der Waals surface area contributed by atoms with E-state index in [-0.39, 0.29) is 19.3 Å². The van der Waals surface area contributed by atoms with Gasteiger partial charge in [0, 0.05) is 0 Å². The van der Waals surface area contributed by atoms with Crippen LogP contribution in [0, 0.1) is 17.8 Å². The maximum absolute atomic E-state index is 9.06. The SMILES string of the molecule is CC(C)[C@@H]1CC[C@@H](C)CC1OC(CO)CO. The van der Waals surface area contributed by atoms with Crippen LogP contribution >= 0.6 is 0 Å². The second-order valence-corrected chi connectivity index (χ2v) is 5.49. The van der Waals surface area contributed by atoms with Gasteiger partial charge in [-0.05, 0) is 30.6 Å². The first-order valence-corrected chi connectivity index (χ1v) is 6.45. The zero-order valence-electron chi connectivity index (χ0n) is 10.7. The fourth-order valence-electron chi connectivity index (χ4n) is 2.66. The number of hydrogen-bond donors (Lipinski definition) is 2. The van der Waals surface area contributed by atoms with E-state index >= 15 is 0 Å². The molecule has 1 fully saturated rings. The molecule has 0 radical (unpaired) electrons. The molecule has 96 valence electrons. The first kappa shape index (κ1) is 13.9. The van der Waals surface area contributed by atoms with Crippen LogP contribution in [0.1, 0.15) is 40.0 Å². The van der Waals surface area contributed by atoms with Crippen molar-refractivity contribution in [2.24, 2.45) is 17.8 Å². The van der Waals surface area contributed by atoms with E-state index in [1.54, 1.807) is 0 Å². The summed E-state index contributed by atoms with van der Waals surface area (Å²) in [6.07, 6.45) is 3.32. The van der Waals surface area contributed by atoms with Gasteiger partial charge in [0.25, 0.3) is 0 Å². The van der Waals surface area contributed by atoms with E-state index in [9.17, 15) is 0 Å². The first-order chi connectivity index (χ1) is 7.58. The van der Waals surface area contributed by atoms with Crippen molar-refractivity contribution < 1.29 is 14.9 Å². The highest BCUT2D eigenvalue weighted by Crippen LogP contribution is 2.35. The summed E-state index contributed by atoms with van der Waals surface area (Å²) in [5, 5.41) is 18.1. The topological polar surface area (TPSA) is 49.7 Å². The van der Waals surface area contributed by atoms with Gasteiger partial charge in [-0.1, -0.05) is 27.2 Å². The number of aliphatic hydroxyl groups excluding tert-OH is 2. The number of aliphatic hydroxyl groups is 2. The zero-order valence-corrected chi connectivity index (χ0v) is 10.7. The summed E-state index contributed by atoms with van der Waals surface area (Å²) in [7, 11) is 0. The van der Waals surface area contributed by atoms with Crippen LogP contribution in [-0.4, -0.2) is 35.6 Å². The van der Waals surface area contributed by atoms with E-state index in [1.165, 1.54) is 12.8 Å². The van der Waals surface area contributed by atoms with Crippen molar-refractivity contribution >= 4 is 0 Å². The molecular weight excluding hydrogens is 204 g/mol. The predicted octanol–water partition coefficient (Wildman–Crippen LogP) is 1.82. The lowest BCUT2D eigenvalue weighted by atomic mass is 9.75. The number of hydrogen-bond acceptors (Lipinski definition) is 3. The standard InChI is InChI=1S/C13H26O3/c1-9(2)12-5-4-10(3)6-13(12)16-11(7-14)8-15/h9-15H,4-8H2,1-3H3/t10-,12+,13?/m1/s1. The summed E-state index contributed by atoms with van der Waals surface area (Å²) in [5.74, 6) is 1.87. The minimum absolute atomic E-state index is 0.0911. The average Bonchev–Trinajstić information content (AvgIpc) is 2.25. The predicted molar refractivity (Wildman–Crippen MR) is 64.2 cm³/mol. The van der Waals surface area contributed by atoms with Crippen molar-refractivity contribution in [1.82, 2.24) is 0 Å². The normalized spacial score (nSPS) is 31.3. The molecule has 2 N–H and O–H groups in total. The van der Waals surface area contributed by atoms with Crippen LogP contribution in [0.25, 0.3) is 0 Å². The van der Waals surface area contributed by atoms with Crippen molar-refractivity contribution in [2.45, 2.75) is 52.2 Å². The Morgan fingerprint density at radius 2 is 1.81 bits per heavy atom. The lowest BCUT2D eigenvalue weighted by Gasteiger charge is -2.38. The number of rotatable bonds is 5. The molecule has 1 saturated carbocycles. The molecule has 0 heterocycles. The highest BCUT2D eigenvalue weighted by molar-refractivity contribution is 4.82. The van der Waals surface area contributed by atoms with Crippen LogP contribution in [-0.2, 0) is 4.74 Å². The Labute approximate surface area is 98.8 Å². The Bertz CT molecular complexity index is 190. The molecular formula is C13H26O3. The molecule has 1 aliphatic carbocycles. The van der Waals surface area contributed by atoms with Gasteiger partial charge in [-0.2, -0.15) is 0 Å². The Hall–Kier alpha value is -0.120. The molecule has 0 aromatic rings. The minimum Gasteiger partial charge on any atom is -0.394 e. The fourth-order valence-corrected chi connectivity index (χ4v) is 2.66. The van der Waals surface area contributed by atoms with Crippen molar-refractivity contribution in [3.05, 3.63) is 0 Å². The van der Waals surface area contributed by atoms with Crippen LogP contribution in [0.2, 0.25) is 0 Å². The van der Waals surface area contributed by atoms with E-state index in [1.807, 2.05) is 0 Å². The van der Waals surface area contributed by atoms with E-state index in [0.29, 0.717) is 17.8 Å². The van der Waals surface area contributed by atoms with Crippen LogP contribution in [0.15, 0.2) is 0 Å². The van der Waals surface area contributed by atoms with E-state index in [0.717, 1.165) is 6.42 Å². The van der Waals surface area contributed by atoms with Crippen LogP contribution in [0.5, 0.6) is 0 Å². The van der Waals surface area contributed by atoms with Crippen LogP contribution in [0.4, 0.5) is 0 Å². The van der Waals surface area contributed by atoms with Crippen LogP contribution < -0.4 is 0 Å². The molecule has 0 amide bonds. The smallest absolute Gasteiger partial charge is 0.104 e. The highest BCUT2D eigenvalue weighted by Gasteiger charge is 2.32. The van der Waals surface area contributed by atoms with Gasteiger partial charge in [0.2, 0.25) is 0 Å². The zero-order chi connectivity index (χ0) is 12.1. The molecule has 16 heavy (non-hydrogen) atoms. The van der Waals surface area contributed by atoms with Crippen LogP contribution in [0.3, 0.4) is 0 Å². The molecule has 1 rings (SSSR count). The third-order valence-corrected chi connectivity index (χ3v) is 3.74. The second kappa shape index (κ2) is 6.58. The Morgan fingerprint density at radius 1 is 1.19 bits per heavy atom. The monoisotopic (exact) mass is 230 g/mol. The Morgan fingerprint density at radius 3 is 2.31 bits per heavy atom. The van der Waals surface area contributed by atoms with Crippen molar-refractivity contribution in [3.63, 3.8) is 0 Å². The molecule has 0 bridgehead atoms. The van der Waals surface area contributed by atoms with Gasteiger partial charge >= 0.3 is 0 Å². The van der Waals surface area contributed by atoms with E-state index < -0.39 is 6.10 Å². The van der Waals surface area contributed by atoms with Gasteiger partial charge in [0.05, 0.1) is 19.3 Å². The summed E-state index contributed by atoms with van der Waals surface area (Å²) in [5.41, 5.74) is 0. The number of ether oxygens (including phenoxy) is 1. The quantitative estimate of drug-likeness (QED) is 0.757. The van der Waals surface area contributed by atoms with E-state index in [2.05, 4.69) is 20.8 Å². The van der Waals surface area contributed by atoms with Crippen molar-refractivity contribution in [3.8, 4) is 0 Å². The molecule has 0 aromatic heterocycles. The summed E-state index contributed by atoms with van der Waals surface area (Å²) < 4.78 is 5.83. The molecule has 3 heteroatoms. The van der Waals surface area contributed by atoms with Gasteiger partial charge < -0.3 is 14.9 Å². The highest BCUT2D eigenvalue weighted by atomic mass is 16.5. The Balaban J connectivity index is 2.56. The largest absolute Gasteiger partial charge is 0.394 e. The summed E-state index contributed by atoms with van der Waals surface area (Å²) in [6, 6.07) is 0. The van der Waals surface area contributed by atoms with Crippen molar-refractivity contribution in [2.75, 3.05) is 13.2 Å². The van der Waals surface area contributed by atoms with Gasteiger partial charge in [0.15, 0.2) is 0 Å². The maximum atomic E-state index is 9.06. The van der Waals surface area contributed by atoms with Gasteiger partial charge in [-0.15, -0.1) is 0 Å². The summed E-state index contributed by atoms with van der Waals surface area (Å²) in [4.78, 5) is 0. The van der Waals surface area contributed by atoms with Gasteiger partial charge in [0.1, 0.15) is 6.10 Å². The Kier molecular flexibility index (Phi) is 5.73.